The summed E-state index contributed by atoms with van der Waals surface area (Å²) in [6.45, 7) is 3.66. The van der Waals surface area contributed by atoms with Crippen molar-refractivity contribution in [3.8, 4) is 17.1 Å². The average Bonchev–Trinajstić information content (AvgIpc) is 2.89. The number of carbonyl (C=O) groups is 1. The van der Waals surface area contributed by atoms with E-state index < -0.39 is 6.23 Å². The maximum Gasteiger partial charge on any atom is 0.247 e. The lowest BCUT2D eigenvalue weighted by Crippen LogP contribution is -2.36. The Morgan fingerprint density at radius 3 is 2.67 bits per heavy atom. The average molecular weight is 441 g/mol. The Balaban J connectivity index is 1.84. The summed E-state index contributed by atoms with van der Waals surface area (Å²) < 4.78 is 6.32. The molecule has 0 saturated heterocycles. The fraction of sp³-hybridized carbons (Fsp3) is 0.273. The molecule has 2 aromatic carbocycles. The molecule has 154 valence electrons. The van der Waals surface area contributed by atoms with Gasteiger partial charge >= 0.3 is 0 Å². The molecule has 0 radical (unpaired) electrons. The maximum atomic E-state index is 12.7. The van der Waals surface area contributed by atoms with Crippen molar-refractivity contribution in [1.82, 2.24) is 15.2 Å². The van der Waals surface area contributed by atoms with Gasteiger partial charge in [0.15, 0.2) is 5.69 Å². The minimum absolute atomic E-state index is 0.152. The van der Waals surface area contributed by atoms with Gasteiger partial charge in [0, 0.05) is 28.8 Å². The van der Waals surface area contributed by atoms with E-state index in [1.807, 2.05) is 36.4 Å². The minimum atomic E-state index is -0.702. The Morgan fingerprint density at radius 2 is 1.93 bits per heavy atom. The lowest BCUT2D eigenvalue weighted by molar-refractivity contribution is -0.118. The number of carbonyl (C=O) groups excluding carboxylic acids is 1. The van der Waals surface area contributed by atoms with Gasteiger partial charge in [0.25, 0.3) is 0 Å². The van der Waals surface area contributed by atoms with Gasteiger partial charge in [0.1, 0.15) is 0 Å². The van der Waals surface area contributed by atoms with Gasteiger partial charge in [0.05, 0.1) is 5.69 Å². The molecule has 1 atom stereocenters. The maximum absolute atomic E-state index is 12.7. The van der Waals surface area contributed by atoms with Gasteiger partial charge < -0.3 is 4.74 Å². The van der Waals surface area contributed by atoms with Gasteiger partial charge in [-0.1, -0.05) is 67.0 Å². The van der Waals surface area contributed by atoms with Crippen LogP contribution in [-0.2, 0) is 4.79 Å². The summed E-state index contributed by atoms with van der Waals surface area (Å²) in [5.41, 5.74) is 2.76. The Morgan fingerprint density at radius 1 is 1.17 bits per heavy atom. The van der Waals surface area contributed by atoms with Crippen LogP contribution in [0.1, 0.15) is 38.5 Å². The number of aromatic nitrogens is 3. The molecule has 1 amide bonds. The summed E-state index contributed by atoms with van der Waals surface area (Å²) in [7, 11) is 0. The van der Waals surface area contributed by atoms with E-state index in [1.54, 1.807) is 28.8 Å². The van der Waals surface area contributed by atoms with Gasteiger partial charge in [-0.3, -0.25) is 9.69 Å². The first-order valence-electron chi connectivity index (χ1n) is 9.77. The van der Waals surface area contributed by atoms with Crippen LogP contribution in [0.3, 0.4) is 0 Å². The van der Waals surface area contributed by atoms with Gasteiger partial charge in [-0.25, -0.2) is 0 Å². The molecule has 0 bridgehead atoms. The highest BCUT2D eigenvalue weighted by Crippen LogP contribution is 2.43. The minimum Gasteiger partial charge on any atom is -0.447 e. The van der Waals surface area contributed by atoms with Crippen molar-refractivity contribution in [2.24, 2.45) is 0 Å². The number of amides is 1. The Bertz CT molecular complexity index is 1060. The van der Waals surface area contributed by atoms with Crippen LogP contribution >= 0.6 is 23.4 Å². The molecule has 1 aliphatic heterocycles. The van der Waals surface area contributed by atoms with E-state index in [2.05, 4.69) is 22.1 Å². The number of benzene rings is 2. The molecule has 0 saturated carbocycles. The number of thioether (sulfide) groups is 1. The van der Waals surface area contributed by atoms with Crippen LogP contribution in [-0.4, -0.2) is 26.8 Å². The molecule has 1 unspecified atom stereocenters. The highest BCUT2D eigenvalue weighted by atomic mass is 35.5. The summed E-state index contributed by atoms with van der Waals surface area (Å²) in [4.78, 5) is 19.0. The first-order chi connectivity index (χ1) is 14.6. The molecule has 2 heterocycles. The number of para-hydroxylation sites is 1. The fourth-order valence-electron chi connectivity index (χ4n) is 3.27. The second-order valence-electron chi connectivity index (χ2n) is 6.88. The number of anilines is 1. The molecule has 30 heavy (non-hydrogen) atoms. The monoisotopic (exact) mass is 440 g/mol. The predicted octanol–water partition coefficient (Wildman–Crippen LogP) is 5.53. The van der Waals surface area contributed by atoms with Crippen LogP contribution in [0, 0.1) is 0 Å². The summed E-state index contributed by atoms with van der Waals surface area (Å²) in [5.74, 6) is 1.12. The van der Waals surface area contributed by atoms with Crippen LogP contribution in [0.25, 0.3) is 11.3 Å². The first-order valence-corrected chi connectivity index (χ1v) is 11.1. The number of rotatable bonds is 5. The van der Waals surface area contributed by atoms with E-state index in [1.165, 1.54) is 6.92 Å². The van der Waals surface area contributed by atoms with Crippen molar-refractivity contribution in [2.45, 2.75) is 38.1 Å². The zero-order chi connectivity index (χ0) is 21.1. The number of ether oxygens (including phenoxy) is 1. The molecule has 0 spiro atoms. The zero-order valence-corrected chi connectivity index (χ0v) is 18.3. The number of nitrogens with zero attached hydrogens (tertiary/aromatic N) is 4. The zero-order valence-electron chi connectivity index (χ0n) is 16.7. The summed E-state index contributed by atoms with van der Waals surface area (Å²) in [5, 5.41) is 9.88. The third-order valence-corrected chi connectivity index (χ3v) is 5.91. The van der Waals surface area contributed by atoms with Crippen molar-refractivity contribution in [2.75, 3.05) is 10.7 Å². The molecule has 0 N–H and O–H groups in total. The molecular formula is C22H21ClN4O2S. The highest BCUT2D eigenvalue weighted by Gasteiger charge is 2.34. The summed E-state index contributed by atoms with van der Waals surface area (Å²) >= 11 is 7.62. The standard InChI is InChI=1S/C22H21ClN4O2S/c1-3-4-13-30-22-24-20-19(25-26-22)17-7-5-6-8-18(17)27(14(2)28)21(29-20)15-9-11-16(23)12-10-15/h5-12,21H,3-4,13H2,1-2H3. The Kier molecular flexibility index (Phi) is 6.20. The van der Waals surface area contributed by atoms with Crippen molar-refractivity contribution in [3.63, 3.8) is 0 Å². The lowest BCUT2D eigenvalue weighted by atomic mass is 10.1. The number of fused-ring (bicyclic) bond motifs is 3. The number of unbranched alkanes of at least 4 members (excludes halogenated alkanes) is 1. The SMILES string of the molecule is CCCCSc1nnc2c(n1)OC(c1ccc(Cl)cc1)N(C(C)=O)c1ccccc1-2. The molecular weight excluding hydrogens is 420 g/mol. The smallest absolute Gasteiger partial charge is 0.247 e. The van der Waals surface area contributed by atoms with Crippen molar-refractivity contribution in [1.29, 1.82) is 0 Å². The van der Waals surface area contributed by atoms with Gasteiger partial charge in [-0.15, -0.1) is 10.2 Å². The highest BCUT2D eigenvalue weighted by molar-refractivity contribution is 7.99. The van der Waals surface area contributed by atoms with Crippen molar-refractivity contribution < 1.29 is 9.53 Å². The van der Waals surface area contributed by atoms with E-state index in [9.17, 15) is 4.79 Å². The van der Waals surface area contributed by atoms with Crippen LogP contribution in [0.2, 0.25) is 5.02 Å². The largest absolute Gasteiger partial charge is 0.447 e. The Hall–Kier alpha value is -2.64. The van der Waals surface area contributed by atoms with E-state index in [0.29, 0.717) is 27.4 Å². The molecule has 1 aliphatic rings. The van der Waals surface area contributed by atoms with Gasteiger partial charge in [-0.05, 0) is 24.6 Å². The lowest BCUT2D eigenvalue weighted by Gasteiger charge is -2.29. The van der Waals surface area contributed by atoms with Crippen molar-refractivity contribution >= 4 is 35.0 Å². The van der Waals surface area contributed by atoms with Crippen LogP contribution < -0.4 is 9.64 Å². The van der Waals surface area contributed by atoms with Crippen LogP contribution in [0.4, 0.5) is 5.69 Å². The molecule has 3 aromatic rings. The quantitative estimate of drug-likeness (QED) is 0.384. The third-order valence-electron chi connectivity index (χ3n) is 4.74. The molecule has 4 rings (SSSR count). The molecule has 8 heteroatoms. The molecule has 0 fully saturated rings. The normalized spacial score (nSPS) is 15.0. The molecule has 1 aromatic heterocycles. The number of halogens is 1. The second kappa shape index (κ2) is 9.02. The van der Waals surface area contributed by atoms with E-state index >= 15 is 0 Å². The third kappa shape index (κ3) is 4.13. The predicted molar refractivity (Wildman–Crippen MR) is 119 cm³/mol. The summed E-state index contributed by atoms with van der Waals surface area (Å²) in [6.07, 6.45) is 1.47. The number of hydrogen-bond acceptors (Lipinski definition) is 6. The van der Waals surface area contributed by atoms with Gasteiger partial charge in [0.2, 0.25) is 23.2 Å². The second-order valence-corrected chi connectivity index (χ2v) is 8.38. The van der Waals surface area contributed by atoms with Gasteiger partial charge in [-0.2, -0.15) is 4.98 Å². The number of hydrogen-bond donors (Lipinski definition) is 0. The topological polar surface area (TPSA) is 68.2 Å². The van der Waals surface area contributed by atoms with E-state index in [4.69, 9.17) is 16.3 Å². The first kappa shape index (κ1) is 20.6. The van der Waals surface area contributed by atoms with Crippen LogP contribution in [0.15, 0.2) is 53.7 Å². The van der Waals surface area contributed by atoms with Crippen LogP contribution in [0.5, 0.6) is 5.88 Å². The van der Waals surface area contributed by atoms with E-state index in [-0.39, 0.29) is 5.91 Å². The molecule has 6 nitrogen and oxygen atoms in total. The van der Waals surface area contributed by atoms with E-state index in [0.717, 1.165) is 29.7 Å². The molecule has 0 aliphatic carbocycles. The fourth-order valence-corrected chi connectivity index (χ4v) is 4.25. The Labute approximate surface area is 184 Å². The summed E-state index contributed by atoms with van der Waals surface area (Å²) in [6, 6.07) is 14.8. The van der Waals surface area contributed by atoms with Crippen molar-refractivity contribution in [3.05, 3.63) is 59.1 Å².